The molecule has 0 radical (unpaired) electrons. The summed E-state index contributed by atoms with van der Waals surface area (Å²) in [5.41, 5.74) is 6.32. The molecule has 4 rings (SSSR count). The summed E-state index contributed by atoms with van der Waals surface area (Å²) in [5.74, 6) is 0.594. The maximum atomic E-state index is 8.28. The van der Waals surface area contributed by atoms with E-state index in [1.165, 1.54) is 5.56 Å². The van der Waals surface area contributed by atoms with Gasteiger partial charge >= 0.3 is 0 Å². The van der Waals surface area contributed by atoms with E-state index in [2.05, 4.69) is 28.4 Å². The normalized spacial score (nSPS) is 14.0. The van der Waals surface area contributed by atoms with E-state index in [4.69, 9.17) is 15.6 Å². The number of benzene rings is 2. The summed E-state index contributed by atoms with van der Waals surface area (Å²) in [7, 11) is 0. The molecule has 136 valence electrons. The lowest BCUT2D eigenvalue weighted by atomic mass is 9.91. The van der Waals surface area contributed by atoms with Gasteiger partial charge in [0.15, 0.2) is 0 Å². The van der Waals surface area contributed by atoms with E-state index in [0.717, 1.165) is 34.4 Å². The fourth-order valence-electron chi connectivity index (χ4n) is 3.56. The molecule has 1 aliphatic rings. The van der Waals surface area contributed by atoms with Crippen molar-refractivity contribution < 1.29 is 4.74 Å². The number of fused-ring (bicyclic) bond motifs is 1. The first-order chi connectivity index (χ1) is 13.1. The van der Waals surface area contributed by atoms with Crippen molar-refractivity contribution in [1.82, 2.24) is 10.2 Å². The zero-order chi connectivity index (χ0) is 18.8. The van der Waals surface area contributed by atoms with E-state index in [0.29, 0.717) is 12.4 Å². The van der Waals surface area contributed by atoms with Gasteiger partial charge in [-0.05, 0) is 36.1 Å². The van der Waals surface area contributed by atoms with Gasteiger partial charge in [0, 0.05) is 17.3 Å². The molecule has 0 amide bonds. The molecule has 2 heterocycles. The van der Waals surface area contributed by atoms with Crippen LogP contribution in [0.15, 0.2) is 54.9 Å². The summed E-state index contributed by atoms with van der Waals surface area (Å²) in [5, 5.41) is 23.4. The minimum absolute atomic E-state index is 0.191. The van der Waals surface area contributed by atoms with E-state index in [1.807, 2.05) is 36.7 Å². The lowest BCUT2D eigenvalue weighted by Crippen LogP contribution is -2.36. The van der Waals surface area contributed by atoms with E-state index < -0.39 is 0 Å². The molecule has 0 bridgehead atoms. The zero-order valence-corrected chi connectivity index (χ0v) is 15.1. The highest BCUT2D eigenvalue weighted by atomic mass is 16.5. The number of aromatic amines is 1. The molecule has 3 aromatic rings. The number of nitrogens with one attached hydrogen (secondary N) is 3. The van der Waals surface area contributed by atoms with E-state index in [1.54, 1.807) is 11.8 Å². The van der Waals surface area contributed by atoms with Crippen LogP contribution in [0.4, 0.5) is 5.69 Å². The van der Waals surface area contributed by atoms with Crippen molar-refractivity contribution in [3.05, 3.63) is 71.5 Å². The quantitative estimate of drug-likeness (QED) is 0.488. The molecule has 0 saturated carbocycles. The summed E-state index contributed by atoms with van der Waals surface area (Å²) in [6.45, 7) is 2.30. The number of rotatable bonds is 3. The van der Waals surface area contributed by atoms with Crippen molar-refractivity contribution in [1.29, 1.82) is 10.8 Å². The van der Waals surface area contributed by atoms with Gasteiger partial charge in [0.2, 0.25) is 0 Å². The molecule has 0 fully saturated rings. The molecule has 1 aliphatic heterocycles. The van der Waals surface area contributed by atoms with Crippen molar-refractivity contribution in [2.45, 2.75) is 20.0 Å². The van der Waals surface area contributed by atoms with Crippen LogP contribution in [0.1, 0.15) is 23.6 Å². The van der Waals surface area contributed by atoms with Crippen LogP contribution >= 0.6 is 0 Å². The van der Waals surface area contributed by atoms with Gasteiger partial charge in [-0.3, -0.25) is 20.8 Å². The van der Waals surface area contributed by atoms with E-state index >= 15 is 0 Å². The largest absolute Gasteiger partial charge is 0.369 e. The summed E-state index contributed by atoms with van der Waals surface area (Å²) in [4.78, 5) is 1.66. The first-order valence-electron chi connectivity index (χ1n) is 8.83. The topological polar surface area (TPSA) is 88.8 Å². The number of ether oxygens (including phenoxy) is 1. The monoisotopic (exact) mass is 359 g/mol. The van der Waals surface area contributed by atoms with Crippen molar-refractivity contribution >= 4 is 17.4 Å². The number of H-pyrrole nitrogens is 1. The summed E-state index contributed by atoms with van der Waals surface area (Å²) in [6.07, 6.45) is 4.44. The molecule has 0 aliphatic carbocycles. The molecule has 0 unspecified atom stereocenters. The van der Waals surface area contributed by atoms with Crippen molar-refractivity contribution in [2.24, 2.45) is 0 Å². The number of aromatic nitrogens is 2. The van der Waals surface area contributed by atoms with Crippen molar-refractivity contribution in [2.75, 3.05) is 11.5 Å². The Morgan fingerprint density at radius 2 is 2.00 bits per heavy atom. The number of hydrogen-bond donors (Lipinski definition) is 3. The van der Waals surface area contributed by atoms with Crippen LogP contribution in [0.2, 0.25) is 0 Å². The van der Waals surface area contributed by atoms with Crippen LogP contribution in [-0.4, -0.2) is 28.5 Å². The molecule has 0 saturated heterocycles. The van der Waals surface area contributed by atoms with Crippen molar-refractivity contribution in [3.63, 3.8) is 0 Å². The SMILES string of the molecule is CC(=N)N1C(=N)COCc2c1ccc(-c1cn[nH]c1)c2Cc1ccccc1. The molecule has 6 nitrogen and oxygen atoms in total. The Hall–Kier alpha value is -3.25. The lowest BCUT2D eigenvalue weighted by molar-refractivity contribution is 0.159. The number of amidine groups is 2. The molecule has 0 spiro atoms. The van der Waals surface area contributed by atoms with Crippen LogP contribution < -0.4 is 4.90 Å². The molecule has 27 heavy (non-hydrogen) atoms. The second kappa shape index (κ2) is 7.17. The molecule has 6 heteroatoms. The Balaban J connectivity index is 1.92. The first-order valence-corrected chi connectivity index (χ1v) is 8.83. The molecule has 1 aromatic heterocycles. The van der Waals surface area contributed by atoms with Gasteiger partial charge in [0.1, 0.15) is 18.3 Å². The Morgan fingerprint density at radius 3 is 2.70 bits per heavy atom. The molecule has 0 atom stereocenters. The van der Waals surface area contributed by atoms with E-state index in [-0.39, 0.29) is 12.4 Å². The average Bonchev–Trinajstić information content (AvgIpc) is 3.13. The van der Waals surface area contributed by atoms with Gasteiger partial charge in [0.25, 0.3) is 0 Å². The predicted molar refractivity (Wildman–Crippen MR) is 107 cm³/mol. The van der Waals surface area contributed by atoms with Gasteiger partial charge in [-0.15, -0.1) is 0 Å². The van der Waals surface area contributed by atoms with Crippen LogP contribution in [0.5, 0.6) is 0 Å². The number of hydrogen-bond acceptors (Lipinski definition) is 4. The Labute approximate surface area is 157 Å². The number of nitrogens with zero attached hydrogens (tertiary/aromatic N) is 2. The van der Waals surface area contributed by atoms with Crippen LogP contribution in [0, 0.1) is 10.8 Å². The zero-order valence-electron chi connectivity index (χ0n) is 15.1. The highest BCUT2D eigenvalue weighted by Crippen LogP contribution is 2.36. The van der Waals surface area contributed by atoms with E-state index in [9.17, 15) is 0 Å². The third-order valence-electron chi connectivity index (χ3n) is 4.77. The molecular formula is C21H21N5O. The molecular weight excluding hydrogens is 338 g/mol. The van der Waals surface area contributed by atoms with Gasteiger partial charge in [-0.1, -0.05) is 36.4 Å². The highest BCUT2D eigenvalue weighted by Gasteiger charge is 2.25. The fraction of sp³-hybridized carbons (Fsp3) is 0.190. The molecule has 2 aromatic carbocycles. The summed E-state index contributed by atoms with van der Waals surface area (Å²) in [6, 6.07) is 14.3. The van der Waals surface area contributed by atoms with Crippen LogP contribution in [-0.2, 0) is 17.8 Å². The summed E-state index contributed by atoms with van der Waals surface area (Å²) >= 11 is 0. The second-order valence-corrected chi connectivity index (χ2v) is 6.60. The minimum Gasteiger partial charge on any atom is -0.369 e. The van der Waals surface area contributed by atoms with Crippen LogP contribution in [0.25, 0.3) is 11.1 Å². The maximum absolute atomic E-state index is 8.28. The minimum atomic E-state index is 0.191. The third-order valence-corrected chi connectivity index (χ3v) is 4.77. The van der Waals surface area contributed by atoms with Gasteiger partial charge in [-0.2, -0.15) is 5.10 Å². The Bertz CT molecular complexity index is 979. The Kier molecular flexibility index (Phi) is 4.56. The van der Waals surface area contributed by atoms with Crippen LogP contribution in [0.3, 0.4) is 0 Å². The van der Waals surface area contributed by atoms with Gasteiger partial charge in [0.05, 0.1) is 18.5 Å². The Morgan fingerprint density at radius 1 is 1.19 bits per heavy atom. The van der Waals surface area contributed by atoms with Crippen molar-refractivity contribution in [3.8, 4) is 11.1 Å². The summed E-state index contributed by atoms with van der Waals surface area (Å²) < 4.78 is 5.78. The van der Waals surface area contributed by atoms with Gasteiger partial charge in [-0.25, -0.2) is 0 Å². The average molecular weight is 359 g/mol. The predicted octanol–water partition coefficient (Wildman–Crippen LogP) is 3.98. The molecule has 3 N–H and O–H groups in total. The highest BCUT2D eigenvalue weighted by molar-refractivity contribution is 6.17. The first kappa shape index (κ1) is 17.2. The second-order valence-electron chi connectivity index (χ2n) is 6.60. The standard InChI is InChI=1S/C21H21N5O/c1-14(22)26-20-8-7-17(16-10-24-25-11-16)18(9-15-5-3-2-4-6-15)19(20)12-27-13-21(26)23/h2-8,10-11,22-23H,9,12-13H2,1H3,(H,24,25). The maximum Gasteiger partial charge on any atom is 0.132 e. The third kappa shape index (κ3) is 3.27. The fourth-order valence-corrected chi connectivity index (χ4v) is 3.56. The lowest BCUT2D eigenvalue weighted by Gasteiger charge is -2.25. The smallest absolute Gasteiger partial charge is 0.132 e. The van der Waals surface area contributed by atoms with Gasteiger partial charge < -0.3 is 4.74 Å². The number of anilines is 1.